The van der Waals surface area contributed by atoms with Gasteiger partial charge in [0, 0.05) is 5.57 Å². The van der Waals surface area contributed by atoms with Crippen LogP contribution < -0.4 is 11.5 Å². The van der Waals surface area contributed by atoms with Gasteiger partial charge in [0.25, 0.3) is 0 Å². The zero-order valence-electron chi connectivity index (χ0n) is 11.5. The lowest BCUT2D eigenvalue weighted by molar-refractivity contribution is -0.159. The minimum absolute atomic E-state index is 0.288. The first-order chi connectivity index (χ1) is 8.72. The van der Waals surface area contributed by atoms with Gasteiger partial charge in [-0.1, -0.05) is 13.0 Å². The lowest BCUT2D eigenvalue weighted by Crippen LogP contribution is -2.29. The topological polar surface area (TPSA) is 136 Å². The number of ether oxygens (including phenoxy) is 1. The molecule has 0 amide bonds. The zero-order valence-corrected chi connectivity index (χ0v) is 11.5. The van der Waals surface area contributed by atoms with Gasteiger partial charge in [0.15, 0.2) is 6.29 Å². The van der Waals surface area contributed by atoms with Gasteiger partial charge in [0.05, 0.1) is 0 Å². The zero-order chi connectivity index (χ0) is 15.4. The molecule has 0 saturated carbocycles. The number of carbonyl (C=O) groups excluding carboxylic acids is 1. The van der Waals surface area contributed by atoms with E-state index in [0.717, 1.165) is 12.8 Å². The number of aliphatic hydroxyl groups excluding tert-OH is 1. The first-order valence-corrected chi connectivity index (χ1v) is 5.95. The van der Waals surface area contributed by atoms with Gasteiger partial charge in [-0.15, -0.1) is 0 Å². The summed E-state index contributed by atoms with van der Waals surface area (Å²) in [5, 5.41) is 16.8. The summed E-state index contributed by atoms with van der Waals surface area (Å²) in [5.74, 6) is -1.50. The highest BCUT2D eigenvalue weighted by Gasteiger charge is 2.09. The summed E-state index contributed by atoms with van der Waals surface area (Å²) in [7, 11) is 0. The maximum absolute atomic E-state index is 10.5. The fraction of sp³-hybridized carbons (Fsp3) is 0.667. The Morgan fingerprint density at radius 1 is 1.37 bits per heavy atom. The van der Waals surface area contributed by atoms with Gasteiger partial charge in [-0.2, -0.15) is 0 Å². The van der Waals surface area contributed by atoms with E-state index in [-0.39, 0.29) is 5.57 Å². The third kappa shape index (κ3) is 14.5. The maximum atomic E-state index is 10.5. The summed E-state index contributed by atoms with van der Waals surface area (Å²) >= 11 is 0. The first kappa shape index (κ1) is 19.9. The van der Waals surface area contributed by atoms with Gasteiger partial charge in [0.1, 0.15) is 6.04 Å². The normalized spacial score (nSPS) is 12.7. The van der Waals surface area contributed by atoms with Gasteiger partial charge in [-0.3, -0.25) is 4.79 Å². The molecule has 7 heteroatoms. The average Bonchev–Trinajstić information content (AvgIpc) is 2.28. The van der Waals surface area contributed by atoms with Crippen molar-refractivity contribution in [1.29, 1.82) is 0 Å². The van der Waals surface area contributed by atoms with Gasteiger partial charge >= 0.3 is 11.9 Å². The molecule has 0 aromatic rings. The number of unbranched alkanes of at least 4 members (excludes halogenated alkanes) is 1. The second-order valence-electron chi connectivity index (χ2n) is 4.01. The lowest BCUT2D eigenvalue weighted by atomic mass is 10.1. The smallest absolute Gasteiger partial charge is 0.335 e. The van der Waals surface area contributed by atoms with Crippen LogP contribution in [0.3, 0.4) is 0 Å². The first-order valence-electron chi connectivity index (χ1n) is 5.95. The number of hydrogen-bond donors (Lipinski definition) is 4. The van der Waals surface area contributed by atoms with Gasteiger partial charge in [-0.05, 0) is 33.2 Å². The van der Waals surface area contributed by atoms with E-state index in [9.17, 15) is 9.59 Å². The molecule has 6 N–H and O–H groups in total. The van der Waals surface area contributed by atoms with Crippen LogP contribution in [0, 0.1) is 0 Å². The summed E-state index contributed by atoms with van der Waals surface area (Å²) in [6.07, 6.45) is 1.12. The molecular formula is C12H24N2O5. The molecule has 0 aliphatic heterocycles. The fourth-order valence-corrected chi connectivity index (χ4v) is 0.888. The molecule has 0 bridgehead atoms. The molecule has 7 nitrogen and oxygen atoms in total. The van der Waals surface area contributed by atoms with Gasteiger partial charge < -0.3 is 26.4 Å². The molecule has 0 rings (SSSR count). The number of esters is 1. The Labute approximate surface area is 113 Å². The maximum Gasteiger partial charge on any atom is 0.335 e. The van der Waals surface area contributed by atoms with Gasteiger partial charge in [-0.25, -0.2) is 4.79 Å². The molecule has 19 heavy (non-hydrogen) atoms. The fourth-order valence-electron chi connectivity index (χ4n) is 0.888. The lowest BCUT2D eigenvalue weighted by Gasteiger charge is -2.04. The van der Waals surface area contributed by atoms with E-state index < -0.39 is 24.3 Å². The second kappa shape index (κ2) is 11.6. The molecular weight excluding hydrogens is 252 g/mol. The third-order valence-electron chi connectivity index (χ3n) is 1.91. The van der Waals surface area contributed by atoms with Crippen molar-refractivity contribution in [1.82, 2.24) is 0 Å². The third-order valence-corrected chi connectivity index (χ3v) is 1.91. The highest BCUT2D eigenvalue weighted by Crippen LogP contribution is 1.97. The number of aliphatic hydroxyl groups is 1. The van der Waals surface area contributed by atoms with Crippen LogP contribution in [0.1, 0.15) is 33.1 Å². The summed E-state index contributed by atoms with van der Waals surface area (Å²) in [4.78, 5) is 20.6. The molecule has 112 valence electrons. The van der Waals surface area contributed by atoms with E-state index >= 15 is 0 Å². The number of aliphatic carboxylic acids is 1. The molecule has 0 saturated heterocycles. The summed E-state index contributed by atoms with van der Waals surface area (Å²) in [6, 6.07) is -0.716. The van der Waals surface area contributed by atoms with Crippen LogP contribution >= 0.6 is 0 Å². The average molecular weight is 276 g/mol. The molecule has 0 aromatic heterocycles. The van der Waals surface area contributed by atoms with Crippen molar-refractivity contribution in [2.75, 3.05) is 6.54 Å². The van der Waals surface area contributed by atoms with Crippen LogP contribution in [0.25, 0.3) is 0 Å². The van der Waals surface area contributed by atoms with E-state index in [1.807, 2.05) is 0 Å². The van der Waals surface area contributed by atoms with Crippen LogP contribution in [-0.2, 0) is 14.3 Å². The van der Waals surface area contributed by atoms with Crippen molar-refractivity contribution in [2.24, 2.45) is 11.5 Å². The van der Waals surface area contributed by atoms with E-state index in [1.54, 1.807) is 0 Å². The largest absolute Gasteiger partial charge is 0.480 e. The predicted molar refractivity (Wildman–Crippen MR) is 71.1 cm³/mol. The molecule has 2 atom stereocenters. The summed E-state index contributed by atoms with van der Waals surface area (Å²) in [6.45, 7) is 6.81. The Balaban J connectivity index is 0. The molecule has 1 unspecified atom stereocenters. The number of carbonyl (C=O) groups is 2. The van der Waals surface area contributed by atoms with Crippen molar-refractivity contribution >= 4 is 11.9 Å². The number of nitrogens with two attached hydrogens (primary N) is 2. The molecule has 0 heterocycles. The Morgan fingerprint density at radius 3 is 2.16 bits per heavy atom. The Bertz CT molecular complexity index is 292. The minimum atomic E-state index is -1.05. The van der Waals surface area contributed by atoms with Crippen molar-refractivity contribution in [3.05, 3.63) is 12.2 Å². The van der Waals surface area contributed by atoms with E-state index in [4.69, 9.17) is 21.7 Å². The van der Waals surface area contributed by atoms with Crippen molar-refractivity contribution in [3.8, 4) is 0 Å². The number of rotatable bonds is 7. The van der Waals surface area contributed by atoms with Crippen molar-refractivity contribution in [3.63, 3.8) is 0 Å². The minimum Gasteiger partial charge on any atom is -0.480 e. The van der Waals surface area contributed by atoms with E-state index in [2.05, 4.69) is 11.3 Å². The van der Waals surface area contributed by atoms with Crippen LogP contribution in [0.15, 0.2) is 12.2 Å². The molecule has 0 aromatic carbocycles. The van der Waals surface area contributed by atoms with Crippen molar-refractivity contribution < 1.29 is 24.5 Å². The molecule has 0 aliphatic carbocycles. The highest BCUT2D eigenvalue weighted by molar-refractivity contribution is 5.86. The van der Waals surface area contributed by atoms with Crippen molar-refractivity contribution in [2.45, 2.75) is 45.4 Å². The monoisotopic (exact) mass is 276 g/mol. The van der Waals surface area contributed by atoms with Crippen LogP contribution in [0.5, 0.6) is 0 Å². The van der Waals surface area contributed by atoms with E-state index in [0.29, 0.717) is 13.0 Å². The Hall–Kier alpha value is -1.44. The highest BCUT2D eigenvalue weighted by atomic mass is 16.6. The SMILES string of the molecule is C=C(C)C(=O)OC(C)O.NCCCC[C@H](N)C(=O)O. The van der Waals surface area contributed by atoms with Crippen LogP contribution in [0.2, 0.25) is 0 Å². The summed E-state index contributed by atoms with van der Waals surface area (Å²) < 4.78 is 4.33. The summed E-state index contributed by atoms with van der Waals surface area (Å²) in [5.41, 5.74) is 10.7. The van der Waals surface area contributed by atoms with Gasteiger partial charge in [0.2, 0.25) is 0 Å². The predicted octanol–water partition coefficient (Wildman–Crippen LogP) is -0.0287. The Kier molecular flexibility index (Phi) is 12.2. The molecule has 0 aliphatic rings. The standard InChI is InChI=1S/C6H14N2O2.C6H10O3/c7-4-2-1-3-5(8)6(9)10;1-4(2)6(8)9-5(3)7/h5H,1-4,7-8H2,(H,9,10);5,7H,1H2,2-3H3/t5-;/m0./s1. The molecule has 0 radical (unpaired) electrons. The van der Waals surface area contributed by atoms with E-state index in [1.165, 1.54) is 13.8 Å². The Morgan fingerprint density at radius 2 is 1.89 bits per heavy atom. The van der Waals surface area contributed by atoms with Crippen LogP contribution in [0.4, 0.5) is 0 Å². The van der Waals surface area contributed by atoms with Crippen LogP contribution in [-0.4, -0.2) is 41.0 Å². The molecule has 0 fully saturated rings. The number of hydrogen-bond acceptors (Lipinski definition) is 6. The number of carboxylic acid groups (broad SMARTS) is 1. The molecule has 0 spiro atoms. The second-order valence-corrected chi connectivity index (χ2v) is 4.01. The quantitative estimate of drug-likeness (QED) is 0.222. The number of carboxylic acids is 1.